The van der Waals surface area contributed by atoms with Crippen molar-refractivity contribution in [2.24, 2.45) is 5.41 Å². The third-order valence-electron chi connectivity index (χ3n) is 3.15. The molecular weight excluding hydrogens is 244 g/mol. The van der Waals surface area contributed by atoms with Gasteiger partial charge in [-0.3, -0.25) is 4.79 Å². The molecule has 0 saturated heterocycles. The van der Waals surface area contributed by atoms with Crippen LogP contribution in [0.5, 0.6) is 11.5 Å². The van der Waals surface area contributed by atoms with E-state index in [1.807, 2.05) is 18.2 Å². The summed E-state index contributed by atoms with van der Waals surface area (Å²) in [5, 5.41) is 9.08. The summed E-state index contributed by atoms with van der Waals surface area (Å²) in [6.45, 7) is 6.60. The van der Waals surface area contributed by atoms with Gasteiger partial charge in [0.05, 0.1) is 6.42 Å². The van der Waals surface area contributed by atoms with E-state index in [-0.39, 0.29) is 24.5 Å². The first-order valence-corrected chi connectivity index (χ1v) is 6.46. The van der Waals surface area contributed by atoms with E-state index in [1.165, 1.54) is 0 Å². The van der Waals surface area contributed by atoms with Gasteiger partial charge in [-0.15, -0.1) is 0 Å². The number of carboxylic acids is 1. The zero-order chi connectivity index (χ0) is 14.0. The zero-order valence-electron chi connectivity index (χ0n) is 11.6. The smallest absolute Gasteiger partial charge is 0.303 e. The van der Waals surface area contributed by atoms with Gasteiger partial charge in [-0.05, 0) is 35.4 Å². The first kappa shape index (κ1) is 13.7. The summed E-state index contributed by atoms with van der Waals surface area (Å²) in [4.78, 5) is 11.0. The second kappa shape index (κ2) is 5.11. The van der Waals surface area contributed by atoms with Gasteiger partial charge in [-0.2, -0.15) is 0 Å². The summed E-state index contributed by atoms with van der Waals surface area (Å²) < 4.78 is 10.6. The third kappa shape index (κ3) is 3.63. The summed E-state index contributed by atoms with van der Waals surface area (Å²) in [5.74, 6) is 0.661. The zero-order valence-corrected chi connectivity index (χ0v) is 11.6. The Morgan fingerprint density at radius 3 is 2.63 bits per heavy atom. The van der Waals surface area contributed by atoms with Crippen molar-refractivity contribution in [3.8, 4) is 11.5 Å². The lowest BCUT2D eigenvalue weighted by Crippen LogP contribution is -2.15. The predicted octanol–water partition coefficient (Wildman–Crippen LogP) is 3.41. The SMILES string of the molecule is CC(C)(C)CC(CC(=O)O)c1ccc2c(c1)OCO2. The Kier molecular flexibility index (Phi) is 3.69. The second-order valence-electron chi connectivity index (χ2n) is 6.17. The number of fused-ring (bicyclic) bond motifs is 1. The van der Waals surface area contributed by atoms with Crippen molar-refractivity contribution in [3.63, 3.8) is 0 Å². The summed E-state index contributed by atoms with van der Waals surface area (Å²) in [5.41, 5.74) is 1.08. The van der Waals surface area contributed by atoms with Crippen LogP contribution >= 0.6 is 0 Å². The summed E-state index contributed by atoms with van der Waals surface area (Å²) in [6, 6.07) is 5.70. The van der Waals surface area contributed by atoms with Gasteiger partial charge >= 0.3 is 5.97 Å². The van der Waals surface area contributed by atoms with E-state index in [2.05, 4.69) is 20.8 Å². The van der Waals surface area contributed by atoms with Crippen LogP contribution < -0.4 is 9.47 Å². The van der Waals surface area contributed by atoms with Gasteiger partial charge in [0.1, 0.15) is 0 Å². The molecule has 1 unspecified atom stereocenters. The number of hydrogen-bond acceptors (Lipinski definition) is 3. The number of carbonyl (C=O) groups is 1. The molecule has 1 heterocycles. The van der Waals surface area contributed by atoms with E-state index in [0.717, 1.165) is 17.7 Å². The first-order valence-electron chi connectivity index (χ1n) is 6.46. The molecule has 0 saturated carbocycles. The second-order valence-corrected chi connectivity index (χ2v) is 6.17. The molecule has 0 bridgehead atoms. The predicted molar refractivity (Wildman–Crippen MR) is 71.6 cm³/mol. The molecule has 4 heteroatoms. The fourth-order valence-electron chi connectivity index (χ4n) is 2.42. The largest absolute Gasteiger partial charge is 0.481 e. The topological polar surface area (TPSA) is 55.8 Å². The van der Waals surface area contributed by atoms with Crippen molar-refractivity contribution < 1.29 is 19.4 Å². The molecule has 1 atom stereocenters. The minimum absolute atomic E-state index is 0.00741. The Balaban J connectivity index is 2.24. The number of aliphatic carboxylic acids is 1. The number of ether oxygens (including phenoxy) is 2. The molecule has 0 aromatic heterocycles. The highest BCUT2D eigenvalue weighted by Crippen LogP contribution is 2.39. The van der Waals surface area contributed by atoms with E-state index >= 15 is 0 Å². The molecule has 2 rings (SSSR count). The number of hydrogen-bond donors (Lipinski definition) is 1. The number of rotatable bonds is 4. The van der Waals surface area contributed by atoms with Crippen molar-refractivity contribution >= 4 is 5.97 Å². The lowest BCUT2D eigenvalue weighted by atomic mass is 9.80. The van der Waals surface area contributed by atoms with Crippen LogP contribution in [0.4, 0.5) is 0 Å². The van der Waals surface area contributed by atoms with Gasteiger partial charge in [-0.25, -0.2) is 0 Å². The lowest BCUT2D eigenvalue weighted by molar-refractivity contribution is -0.137. The molecule has 0 amide bonds. The van der Waals surface area contributed by atoms with Crippen LogP contribution in [0, 0.1) is 5.41 Å². The summed E-state index contributed by atoms with van der Waals surface area (Å²) in [6.07, 6.45) is 0.954. The van der Waals surface area contributed by atoms with Crippen LogP contribution in [0.3, 0.4) is 0 Å². The Bertz CT molecular complexity index is 474. The van der Waals surface area contributed by atoms with Crippen molar-refractivity contribution in [3.05, 3.63) is 23.8 Å². The minimum Gasteiger partial charge on any atom is -0.481 e. The van der Waals surface area contributed by atoms with Gasteiger partial charge in [0.15, 0.2) is 11.5 Å². The maximum Gasteiger partial charge on any atom is 0.303 e. The average molecular weight is 264 g/mol. The quantitative estimate of drug-likeness (QED) is 0.905. The van der Waals surface area contributed by atoms with Crippen LogP contribution in [0.1, 0.15) is 45.1 Å². The molecule has 1 aliphatic heterocycles. The standard InChI is InChI=1S/C15H20O4/c1-15(2,3)8-11(7-14(16)17)10-4-5-12-13(6-10)19-9-18-12/h4-6,11H,7-9H2,1-3H3,(H,16,17). The van der Waals surface area contributed by atoms with Crippen LogP contribution in [-0.4, -0.2) is 17.9 Å². The van der Waals surface area contributed by atoms with E-state index in [9.17, 15) is 4.79 Å². The van der Waals surface area contributed by atoms with Crippen LogP contribution in [0.25, 0.3) is 0 Å². The van der Waals surface area contributed by atoms with E-state index < -0.39 is 5.97 Å². The Labute approximate surface area is 113 Å². The molecule has 19 heavy (non-hydrogen) atoms. The van der Waals surface area contributed by atoms with Crippen molar-refractivity contribution in [1.29, 1.82) is 0 Å². The highest BCUT2D eigenvalue weighted by molar-refractivity contribution is 5.68. The van der Waals surface area contributed by atoms with Gasteiger partial charge < -0.3 is 14.6 Å². The molecule has 1 N–H and O–H groups in total. The molecule has 1 aromatic carbocycles. The normalized spacial score (nSPS) is 15.3. The summed E-state index contributed by atoms with van der Waals surface area (Å²) >= 11 is 0. The van der Waals surface area contributed by atoms with Crippen LogP contribution in [0.15, 0.2) is 18.2 Å². The molecule has 0 fully saturated rings. The van der Waals surface area contributed by atoms with Gasteiger partial charge in [-0.1, -0.05) is 26.8 Å². The van der Waals surface area contributed by atoms with Crippen molar-refractivity contribution in [2.45, 2.75) is 39.5 Å². The van der Waals surface area contributed by atoms with Gasteiger partial charge in [0, 0.05) is 0 Å². The maximum atomic E-state index is 11.0. The summed E-state index contributed by atoms with van der Waals surface area (Å²) in [7, 11) is 0. The van der Waals surface area contributed by atoms with Crippen LogP contribution in [-0.2, 0) is 4.79 Å². The highest BCUT2D eigenvalue weighted by atomic mass is 16.7. The molecule has 0 spiro atoms. The first-order chi connectivity index (χ1) is 8.85. The molecule has 0 radical (unpaired) electrons. The highest BCUT2D eigenvalue weighted by Gasteiger charge is 2.24. The van der Waals surface area contributed by atoms with E-state index in [4.69, 9.17) is 14.6 Å². The molecule has 0 aliphatic carbocycles. The average Bonchev–Trinajstić information content (AvgIpc) is 2.72. The van der Waals surface area contributed by atoms with Crippen molar-refractivity contribution in [2.75, 3.05) is 6.79 Å². The third-order valence-corrected chi connectivity index (χ3v) is 3.15. The Hall–Kier alpha value is -1.71. The number of carboxylic acid groups (broad SMARTS) is 1. The maximum absolute atomic E-state index is 11.0. The van der Waals surface area contributed by atoms with E-state index in [0.29, 0.717) is 5.75 Å². The molecular formula is C15H20O4. The van der Waals surface area contributed by atoms with Gasteiger partial charge in [0.25, 0.3) is 0 Å². The van der Waals surface area contributed by atoms with E-state index in [1.54, 1.807) is 0 Å². The van der Waals surface area contributed by atoms with Gasteiger partial charge in [0.2, 0.25) is 6.79 Å². The number of benzene rings is 1. The van der Waals surface area contributed by atoms with Crippen LogP contribution in [0.2, 0.25) is 0 Å². The molecule has 1 aromatic rings. The molecule has 104 valence electrons. The Morgan fingerprint density at radius 1 is 1.32 bits per heavy atom. The molecule has 4 nitrogen and oxygen atoms in total. The Morgan fingerprint density at radius 2 is 2.00 bits per heavy atom. The monoisotopic (exact) mass is 264 g/mol. The van der Waals surface area contributed by atoms with Crippen molar-refractivity contribution in [1.82, 2.24) is 0 Å². The fraction of sp³-hybridized carbons (Fsp3) is 0.533. The fourth-order valence-corrected chi connectivity index (χ4v) is 2.42. The lowest BCUT2D eigenvalue weighted by Gasteiger charge is -2.25. The minimum atomic E-state index is -0.771. The molecule has 1 aliphatic rings.